The zero-order chi connectivity index (χ0) is 16.3. The summed E-state index contributed by atoms with van der Waals surface area (Å²) < 4.78 is 5.31. The van der Waals surface area contributed by atoms with Crippen LogP contribution < -0.4 is 4.90 Å². The lowest BCUT2D eigenvalue weighted by Gasteiger charge is -2.36. The number of carbonyl (C=O) groups is 1. The molecule has 2 rings (SSSR count). The Morgan fingerprint density at radius 3 is 2.59 bits per heavy atom. The van der Waals surface area contributed by atoms with Gasteiger partial charge < -0.3 is 9.64 Å². The topological polar surface area (TPSA) is 75.6 Å². The standard InChI is InChI=1S/C14H17ClN4O3/c1-14(2,3)22-13(21)18-4-5-19(10(8-18)9-20)12-7-16-11(15)6-17-12/h6-7H,4-5,8H2,1-3H3. The minimum atomic E-state index is -0.582. The van der Waals surface area contributed by atoms with Crippen LogP contribution in [0.5, 0.6) is 0 Å². The Morgan fingerprint density at radius 1 is 1.32 bits per heavy atom. The third-order valence-electron chi connectivity index (χ3n) is 2.91. The fourth-order valence-electron chi connectivity index (χ4n) is 1.97. The number of amides is 1. The Balaban J connectivity index is 2.11. The fraction of sp³-hybridized carbons (Fsp3) is 0.500. The second-order valence-electron chi connectivity index (χ2n) is 5.80. The Hall–Kier alpha value is -2.11. The minimum absolute atomic E-state index is 0.114. The molecule has 22 heavy (non-hydrogen) atoms. The number of rotatable bonds is 1. The van der Waals surface area contributed by atoms with Crippen molar-refractivity contribution in [3.63, 3.8) is 0 Å². The molecule has 0 aliphatic carbocycles. The molecule has 0 saturated carbocycles. The van der Waals surface area contributed by atoms with Gasteiger partial charge in [-0.25, -0.2) is 19.6 Å². The number of anilines is 1. The molecule has 1 fully saturated rings. The normalized spacial score (nSPS) is 15.5. The molecule has 2 heterocycles. The van der Waals surface area contributed by atoms with Gasteiger partial charge in [0, 0.05) is 13.1 Å². The van der Waals surface area contributed by atoms with E-state index in [1.807, 2.05) is 5.94 Å². The predicted molar refractivity (Wildman–Crippen MR) is 81.4 cm³/mol. The fourth-order valence-corrected chi connectivity index (χ4v) is 2.07. The van der Waals surface area contributed by atoms with Crippen LogP contribution in [0.4, 0.5) is 10.6 Å². The highest BCUT2D eigenvalue weighted by atomic mass is 35.5. The van der Waals surface area contributed by atoms with Crippen LogP contribution in [-0.4, -0.2) is 52.1 Å². The van der Waals surface area contributed by atoms with Crippen molar-refractivity contribution in [2.75, 3.05) is 24.5 Å². The van der Waals surface area contributed by atoms with Crippen molar-refractivity contribution >= 4 is 29.5 Å². The smallest absolute Gasteiger partial charge is 0.410 e. The first kappa shape index (κ1) is 16.3. The van der Waals surface area contributed by atoms with Crippen LogP contribution in [0.3, 0.4) is 0 Å². The van der Waals surface area contributed by atoms with Gasteiger partial charge in [-0.3, -0.25) is 4.90 Å². The van der Waals surface area contributed by atoms with E-state index in [4.69, 9.17) is 16.3 Å². The van der Waals surface area contributed by atoms with Gasteiger partial charge in [-0.15, -0.1) is 0 Å². The number of carbonyl (C=O) groups excluding carboxylic acids is 2. The summed E-state index contributed by atoms with van der Waals surface area (Å²) in [6.45, 7) is 6.30. The van der Waals surface area contributed by atoms with E-state index >= 15 is 0 Å². The van der Waals surface area contributed by atoms with Gasteiger partial charge in [0.1, 0.15) is 22.4 Å². The molecule has 0 aromatic carbocycles. The molecule has 0 spiro atoms. The number of hydrogen-bond donors (Lipinski definition) is 0. The maximum atomic E-state index is 12.1. The van der Waals surface area contributed by atoms with Crippen molar-refractivity contribution in [2.24, 2.45) is 0 Å². The number of aromatic nitrogens is 2. The molecule has 1 amide bonds. The highest BCUT2D eigenvalue weighted by Crippen LogP contribution is 2.21. The SMILES string of the molecule is CC(C)(C)OC(=O)N1CCN(c2cnc(Cl)cn2)C(=C=O)C1. The summed E-state index contributed by atoms with van der Waals surface area (Å²) >= 11 is 5.70. The van der Waals surface area contributed by atoms with Crippen molar-refractivity contribution in [3.8, 4) is 0 Å². The van der Waals surface area contributed by atoms with Crippen molar-refractivity contribution in [2.45, 2.75) is 26.4 Å². The van der Waals surface area contributed by atoms with E-state index in [0.29, 0.717) is 24.6 Å². The number of nitrogens with zero attached hydrogens (tertiary/aromatic N) is 4. The third kappa shape index (κ3) is 3.96. The molecule has 0 bridgehead atoms. The summed E-state index contributed by atoms with van der Waals surface area (Å²) in [5.41, 5.74) is -0.283. The average Bonchev–Trinajstić information content (AvgIpc) is 2.45. The lowest BCUT2D eigenvalue weighted by atomic mass is 10.2. The van der Waals surface area contributed by atoms with E-state index in [1.54, 1.807) is 25.7 Å². The molecule has 1 aromatic heterocycles. The molecule has 0 unspecified atom stereocenters. The van der Waals surface area contributed by atoms with Crippen LogP contribution in [0.2, 0.25) is 5.15 Å². The van der Waals surface area contributed by atoms with Gasteiger partial charge in [0.2, 0.25) is 0 Å². The minimum Gasteiger partial charge on any atom is -0.444 e. The molecular formula is C14H17ClN4O3. The second-order valence-corrected chi connectivity index (χ2v) is 6.19. The Morgan fingerprint density at radius 2 is 2.05 bits per heavy atom. The van der Waals surface area contributed by atoms with Crippen molar-refractivity contribution in [1.82, 2.24) is 14.9 Å². The van der Waals surface area contributed by atoms with Gasteiger partial charge in [-0.05, 0) is 20.8 Å². The van der Waals surface area contributed by atoms with Gasteiger partial charge in [0.25, 0.3) is 0 Å². The van der Waals surface area contributed by atoms with E-state index in [1.165, 1.54) is 17.3 Å². The Kier molecular flexibility index (Phi) is 4.68. The number of ether oxygens (including phenoxy) is 1. The van der Waals surface area contributed by atoms with Crippen LogP contribution in [0.1, 0.15) is 20.8 Å². The first-order valence-electron chi connectivity index (χ1n) is 6.77. The quantitative estimate of drug-likeness (QED) is 0.734. The van der Waals surface area contributed by atoms with Crippen molar-refractivity contribution in [3.05, 3.63) is 23.2 Å². The molecule has 1 aliphatic heterocycles. The van der Waals surface area contributed by atoms with Gasteiger partial charge >= 0.3 is 6.09 Å². The monoisotopic (exact) mass is 324 g/mol. The molecule has 1 saturated heterocycles. The van der Waals surface area contributed by atoms with Crippen LogP contribution >= 0.6 is 11.6 Å². The van der Waals surface area contributed by atoms with E-state index in [9.17, 15) is 9.59 Å². The van der Waals surface area contributed by atoms with Crippen molar-refractivity contribution in [1.29, 1.82) is 0 Å². The summed E-state index contributed by atoms with van der Waals surface area (Å²) in [5, 5.41) is 0.271. The first-order chi connectivity index (χ1) is 10.3. The van der Waals surface area contributed by atoms with Gasteiger partial charge in [0.15, 0.2) is 5.82 Å². The molecule has 1 aromatic rings. The molecule has 0 N–H and O–H groups in total. The van der Waals surface area contributed by atoms with Gasteiger partial charge in [-0.1, -0.05) is 11.6 Å². The van der Waals surface area contributed by atoms with Gasteiger partial charge in [-0.2, -0.15) is 0 Å². The van der Waals surface area contributed by atoms with Crippen LogP contribution in [-0.2, 0) is 9.53 Å². The van der Waals surface area contributed by atoms with E-state index in [0.717, 1.165) is 0 Å². The zero-order valence-corrected chi connectivity index (χ0v) is 13.4. The van der Waals surface area contributed by atoms with E-state index < -0.39 is 11.7 Å². The maximum Gasteiger partial charge on any atom is 0.410 e. The molecule has 8 heteroatoms. The number of halogens is 1. The molecule has 0 atom stereocenters. The summed E-state index contributed by atoms with van der Waals surface area (Å²) in [7, 11) is 0. The average molecular weight is 325 g/mol. The summed E-state index contributed by atoms with van der Waals surface area (Å²) in [4.78, 5) is 34.5. The number of piperazine rings is 1. The highest BCUT2D eigenvalue weighted by Gasteiger charge is 2.30. The molecule has 1 aliphatic rings. The van der Waals surface area contributed by atoms with Crippen molar-refractivity contribution < 1.29 is 14.3 Å². The zero-order valence-electron chi connectivity index (χ0n) is 12.7. The molecule has 7 nitrogen and oxygen atoms in total. The molecule has 0 radical (unpaired) electrons. The van der Waals surface area contributed by atoms with E-state index in [-0.39, 0.29) is 11.7 Å². The van der Waals surface area contributed by atoms with Crippen LogP contribution in [0.25, 0.3) is 0 Å². The number of hydrogen-bond acceptors (Lipinski definition) is 6. The molecule has 118 valence electrons. The third-order valence-corrected chi connectivity index (χ3v) is 3.11. The van der Waals surface area contributed by atoms with Crippen LogP contribution in [0.15, 0.2) is 18.1 Å². The highest BCUT2D eigenvalue weighted by molar-refractivity contribution is 6.29. The van der Waals surface area contributed by atoms with E-state index in [2.05, 4.69) is 9.97 Å². The lowest BCUT2D eigenvalue weighted by Crippen LogP contribution is -2.49. The lowest BCUT2D eigenvalue weighted by molar-refractivity contribution is 0.0258. The summed E-state index contributed by atoms with van der Waals surface area (Å²) in [6, 6.07) is 0. The second kappa shape index (κ2) is 6.34. The maximum absolute atomic E-state index is 12.1. The predicted octanol–water partition coefficient (Wildman–Crippen LogP) is 1.90. The summed E-state index contributed by atoms with van der Waals surface area (Å²) in [5.74, 6) is 2.35. The Labute approximate surface area is 133 Å². The first-order valence-corrected chi connectivity index (χ1v) is 7.15. The Bertz CT molecular complexity index is 606. The van der Waals surface area contributed by atoms with Crippen LogP contribution in [0, 0.1) is 0 Å². The molecular weight excluding hydrogens is 308 g/mol. The largest absolute Gasteiger partial charge is 0.444 e. The summed E-state index contributed by atoms with van der Waals surface area (Å²) in [6.07, 6.45) is 2.42. The van der Waals surface area contributed by atoms with Gasteiger partial charge in [0.05, 0.1) is 18.9 Å².